The quantitative estimate of drug-likeness (QED) is 0.342. The number of piperidine rings is 1. The van der Waals surface area contributed by atoms with Crippen molar-refractivity contribution in [3.63, 3.8) is 0 Å². The molecule has 3 aliphatic heterocycles. The van der Waals surface area contributed by atoms with Crippen LogP contribution in [0.5, 0.6) is 0 Å². The van der Waals surface area contributed by atoms with Gasteiger partial charge in [-0.05, 0) is 79.5 Å². The van der Waals surface area contributed by atoms with Gasteiger partial charge in [-0.15, -0.1) is 0 Å². The van der Waals surface area contributed by atoms with Crippen molar-refractivity contribution >= 4 is 21.8 Å². The molecule has 9 nitrogen and oxygen atoms in total. The Kier molecular flexibility index (Phi) is 10.0. The molecule has 5 rings (SSSR count). The van der Waals surface area contributed by atoms with E-state index in [4.69, 9.17) is 4.74 Å². The number of likely N-dealkylation sites (tertiary alicyclic amines) is 1. The van der Waals surface area contributed by atoms with Gasteiger partial charge >= 0.3 is 6.18 Å². The van der Waals surface area contributed by atoms with E-state index in [0.717, 1.165) is 42.5 Å². The number of rotatable bonds is 11. The molecule has 3 atom stereocenters. The molecule has 0 aliphatic carbocycles. The molecule has 2 unspecified atom stereocenters. The number of hydrogen-bond donors (Lipinski definition) is 3. The number of alkyl halides is 3. The van der Waals surface area contributed by atoms with Gasteiger partial charge in [-0.25, -0.2) is 13.1 Å². The summed E-state index contributed by atoms with van der Waals surface area (Å²) < 4.78 is 70.1. The summed E-state index contributed by atoms with van der Waals surface area (Å²) in [4.78, 5) is 28.5. The number of carbonyl (C=O) groups is 2. The van der Waals surface area contributed by atoms with Crippen molar-refractivity contribution in [3.8, 4) is 0 Å². The van der Waals surface area contributed by atoms with Gasteiger partial charge in [-0.3, -0.25) is 9.59 Å². The smallest absolute Gasteiger partial charge is 0.377 e. The maximum atomic E-state index is 13.6. The first kappa shape index (κ1) is 33.1. The largest absolute Gasteiger partial charge is 0.416 e. The van der Waals surface area contributed by atoms with Crippen LogP contribution < -0.4 is 15.4 Å². The number of sulfonamides is 1. The van der Waals surface area contributed by atoms with E-state index >= 15 is 0 Å². The van der Waals surface area contributed by atoms with Gasteiger partial charge in [0, 0.05) is 37.2 Å². The summed E-state index contributed by atoms with van der Waals surface area (Å²) in [7, 11) is -3.53. The fourth-order valence-electron chi connectivity index (χ4n) is 6.20. The molecule has 3 fully saturated rings. The van der Waals surface area contributed by atoms with Crippen LogP contribution in [-0.2, 0) is 32.3 Å². The zero-order chi connectivity index (χ0) is 32.2. The van der Waals surface area contributed by atoms with Crippen LogP contribution in [0.4, 0.5) is 13.2 Å². The molecular weight excluding hydrogens is 609 g/mol. The average Bonchev–Trinajstić information content (AvgIpc) is 3.50. The molecular formula is C32H39F3N4O5S. The molecule has 13 heteroatoms. The molecule has 3 saturated heterocycles. The van der Waals surface area contributed by atoms with Crippen molar-refractivity contribution in [1.82, 2.24) is 20.3 Å². The van der Waals surface area contributed by atoms with Gasteiger partial charge in [-0.1, -0.05) is 30.8 Å². The Hall–Kier alpha value is -3.26. The highest BCUT2D eigenvalue weighted by atomic mass is 32.2. The number of nitrogens with one attached hydrogen (secondary N) is 3. The maximum Gasteiger partial charge on any atom is 0.416 e. The van der Waals surface area contributed by atoms with Gasteiger partial charge < -0.3 is 20.3 Å². The standard InChI is InChI=1S/C32H39F3N4O5S/c1-2-45(42,43)38-18-24-12-14-39(19-24)30(41)26-7-5-25(6-8-26)28(15-23-11-13-31(37-17-23)20-44-21-31)29(40)36-16-22-3-9-27(10-4-22)32(33,34)35/h2-10,23-24,28,37-38H,1,11-21H2,(H,36,40)/t23?,24-,28?/m1/s1. The highest BCUT2D eigenvalue weighted by Crippen LogP contribution is 2.35. The van der Waals surface area contributed by atoms with Gasteiger partial charge in [-0.2, -0.15) is 13.2 Å². The number of halogens is 3. The van der Waals surface area contributed by atoms with Crippen LogP contribution in [0.25, 0.3) is 0 Å². The van der Waals surface area contributed by atoms with Gasteiger partial charge in [0.05, 0.1) is 30.2 Å². The average molecular weight is 649 g/mol. The molecule has 45 heavy (non-hydrogen) atoms. The van der Waals surface area contributed by atoms with Gasteiger partial charge in [0.15, 0.2) is 0 Å². The second-order valence-corrected chi connectivity index (χ2v) is 14.1. The van der Waals surface area contributed by atoms with Crippen molar-refractivity contribution in [2.75, 3.05) is 39.4 Å². The Morgan fingerprint density at radius 2 is 1.80 bits per heavy atom. The highest BCUT2D eigenvalue weighted by Gasteiger charge is 2.42. The molecule has 2 aromatic rings. The lowest BCUT2D eigenvalue weighted by molar-refractivity contribution is -0.137. The van der Waals surface area contributed by atoms with Gasteiger partial charge in [0.2, 0.25) is 15.9 Å². The molecule has 3 aliphatic rings. The minimum Gasteiger partial charge on any atom is -0.377 e. The lowest BCUT2D eigenvalue weighted by atomic mass is 9.78. The van der Waals surface area contributed by atoms with E-state index in [-0.39, 0.29) is 42.3 Å². The summed E-state index contributed by atoms with van der Waals surface area (Å²) in [6.07, 6.45) is -1.29. The summed E-state index contributed by atoms with van der Waals surface area (Å²) in [6, 6.07) is 11.7. The molecule has 3 N–H and O–H groups in total. The number of nitrogens with zero attached hydrogens (tertiary/aromatic N) is 1. The van der Waals surface area contributed by atoms with Crippen LogP contribution in [0.15, 0.2) is 60.5 Å². The van der Waals surface area contributed by atoms with Crippen LogP contribution in [-0.4, -0.2) is 70.1 Å². The lowest BCUT2D eigenvalue weighted by Gasteiger charge is -2.47. The predicted molar refractivity (Wildman–Crippen MR) is 162 cm³/mol. The van der Waals surface area contributed by atoms with Crippen LogP contribution >= 0.6 is 0 Å². The van der Waals surface area contributed by atoms with E-state index in [0.29, 0.717) is 50.3 Å². The van der Waals surface area contributed by atoms with Crippen LogP contribution in [0.3, 0.4) is 0 Å². The summed E-state index contributed by atoms with van der Waals surface area (Å²) in [5, 5.41) is 7.36. The topological polar surface area (TPSA) is 117 Å². The minimum absolute atomic E-state index is 0.00423. The molecule has 0 bridgehead atoms. The highest BCUT2D eigenvalue weighted by molar-refractivity contribution is 7.92. The van der Waals surface area contributed by atoms with E-state index in [2.05, 4.69) is 21.9 Å². The van der Waals surface area contributed by atoms with E-state index in [1.807, 2.05) is 0 Å². The fourth-order valence-corrected chi connectivity index (χ4v) is 6.78. The lowest BCUT2D eigenvalue weighted by Crippen LogP contribution is -2.63. The Bertz CT molecular complexity index is 1470. The molecule has 244 valence electrons. The summed E-state index contributed by atoms with van der Waals surface area (Å²) >= 11 is 0. The first-order valence-corrected chi connectivity index (χ1v) is 16.7. The molecule has 3 heterocycles. The van der Waals surface area contributed by atoms with Crippen molar-refractivity contribution in [2.45, 2.75) is 49.9 Å². The monoisotopic (exact) mass is 648 g/mol. The van der Waals surface area contributed by atoms with Crippen molar-refractivity contribution in [1.29, 1.82) is 0 Å². The van der Waals surface area contributed by atoms with Crippen LogP contribution in [0.2, 0.25) is 0 Å². The van der Waals surface area contributed by atoms with E-state index in [1.54, 1.807) is 29.2 Å². The van der Waals surface area contributed by atoms with Crippen LogP contribution in [0.1, 0.15) is 58.6 Å². The molecule has 0 saturated carbocycles. The first-order chi connectivity index (χ1) is 21.4. The molecule has 2 aromatic carbocycles. The van der Waals surface area contributed by atoms with E-state index in [9.17, 15) is 31.2 Å². The Morgan fingerprint density at radius 1 is 1.09 bits per heavy atom. The SMILES string of the molecule is C=CS(=O)(=O)NC[C@H]1CCN(C(=O)c2ccc(C(CC3CCC4(COC4)NC3)C(=O)NCc3ccc(C(F)(F)F)cc3)cc2)C1. The molecule has 0 radical (unpaired) electrons. The number of hydrogen-bond acceptors (Lipinski definition) is 6. The number of benzene rings is 2. The zero-order valence-electron chi connectivity index (χ0n) is 24.9. The first-order valence-electron chi connectivity index (χ1n) is 15.1. The second-order valence-electron chi connectivity index (χ2n) is 12.3. The number of ether oxygens (including phenoxy) is 1. The third-order valence-electron chi connectivity index (χ3n) is 9.11. The van der Waals surface area contributed by atoms with Crippen molar-refractivity contribution < 1.29 is 35.9 Å². The second kappa shape index (κ2) is 13.6. The maximum absolute atomic E-state index is 13.6. The predicted octanol–water partition coefficient (Wildman–Crippen LogP) is 3.79. The third kappa shape index (κ3) is 8.32. The minimum atomic E-state index is -4.43. The summed E-state index contributed by atoms with van der Waals surface area (Å²) in [5.41, 5.74) is 1.07. The summed E-state index contributed by atoms with van der Waals surface area (Å²) in [6.45, 7) is 6.67. The number of carbonyl (C=O) groups excluding carboxylic acids is 2. The Balaban J connectivity index is 1.24. The zero-order valence-corrected chi connectivity index (χ0v) is 25.8. The molecule has 1 spiro atoms. The molecule has 2 amide bonds. The van der Waals surface area contributed by atoms with Gasteiger partial charge in [0.25, 0.3) is 5.91 Å². The van der Waals surface area contributed by atoms with Gasteiger partial charge in [0.1, 0.15) is 0 Å². The normalized spacial score (nSPS) is 22.1. The Morgan fingerprint density at radius 3 is 2.38 bits per heavy atom. The van der Waals surface area contributed by atoms with Crippen molar-refractivity contribution in [3.05, 3.63) is 82.8 Å². The Labute approximate surface area is 261 Å². The fraction of sp³-hybridized carbons (Fsp3) is 0.500. The molecule has 0 aromatic heterocycles. The van der Waals surface area contributed by atoms with Crippen LogP contribution in [0, 0.1) is 11.8 Å². The van der Waals surface area contributed by atoms with Crippen molar-refractivity contribution in [2.24, 2.45) is 11.8 Å². The third-order valence-corrected chi connectivity index (χ3v) is 10.1. The van der Waals surface area contributed by atoms with E-state index < -0.39 is 27.7 Å². The summed E-state index contributed by atoms with van der Waals surface area (Å²) in [5.74, 6) is -0.681. The number of amides is 2. The van der Waals surface area contributed by atoms with E-state index in [1.165, 1.54) is 12.1 Å².